The largest absolute Gasteiger partial charge is 0.349 e. The van der Waals surface area contributed by atoms with Crippen LogP contribution in [-0.2, 0) is 5.75 Å². The van der Waals surface area contributed by atoms with Crippen molar-refractivity contribution in [2.75, 3.05) is 0 Å². The molecule has 4 nitrogen and oxygen atoms in total. The van der Waals surface area contributed by atoms with Gasteiger partial charge in [0.1, 0.15) is 16.9 Å². The summed E-state index contributed by atoms with van der Waals surface area (Å²) in [5.74, 6) is -0.184. The number of H-pyrrole nitrogens is 1. The van der Waals surface area contributed by atoms with Gasteiger partial charge in [0, 0.05) is 32.3 Å². The summed E-state index contributed by atoms with van der Waals surface area (Å²) >= 11 is 13.6. The van der Waals surface area contributed by atoms with Crippen molar-refractivity contribution in [3.63, 3.8) is 0 Å². The Labute approximate surface area is 190 Å². The fourth-order valence-corrected chi connectivity index (χ4v) is 5.02. The van der Waals surface area contributed by atoms with E-state index in [1.165, 1.54) is 22.4 Å². The molecule has 154 valence electrons. The fourth-order valence-electron chi connectivity index (χ4n) is 3.49. The zero-order chi connectivity index (χ0) is 21.5. The first-order valence-corrected chi connectivity index (χ1v) is 11.1. The third-order valence-electron chi connectivity index (χ3n) is 4.97. The first-order valence-electron chi connectivity index (χ1n) is 9.38. The number of aromatic nitrogens is 3. The maximum atomic E-state index is 14.3. The first-order chi connectivity index (χ1) is 15.0. The number of hydrogen-bond donors (Lipinski definition) is 1. The second-order valence-electron chi connectivity index (χ2n) is 6.90. The maximum Gasteiger partial charge on any atom is 0.283 e. The number of thioether (sulfide) groups is 1. The molecule has 0 radical (unpaired) electrons. The Hall–Kier alpha value is -2.80. The smallest absolute Gasteiger partial charge is 0.283 e. The highest BCUT2D eigenvalue weighted by Crippen LogP contribution is 2.31. The minimum Gasteiger partial charge on any atom is -0.349 e. The molecule has 3 aromatic carbocycles. The minimum atomic E-state index is -0.398. The molecular weight excluding hydrogens is 456 g/mol. The van der Waals surface area contributed by atoms with Crippen molar-refractivity contribution in [3.8, 4) is 5.69 Å². The Morgan fingerprint density at radius 2 is 1.84 bits per heavy atom. The van der Waals surface area contributed by atoms with Crippen molar-refractivity contribution in [1.29, 1.82) is 0 Å². The van der Waals surface area contributed by atoms with Crippen molar-refractivity contribution in [1.82, 2.24) is 14.5 Å². The van der Waals surface area contributed by atoms with E-state index < -0.39 is 5.82 Å². The van der Waals surface area contributed by atoms with E-state index in [-0.39, 0.29) is 11.3 Å². The van der Waals surface area contributed by atoms with Gasteiger partial charge in [-0.15, -0.1) is 0 Å². The summed E-state index contributed by atoms with van der Waals surface area (Å²) in [5.41, 5.74) is 2.47. The zero-order valence-corrected chi connectivity index (χ0v) is 18.2. The van der Waals surface area contributed by atoms with Gasteiger partial charge in [-0.1, -0.05) is 65.3 Å². The van der Waals surface area contributed by atoms with Crippen LogP contribution in [-0.4, -0.2) is 14.5 Å². The van der Waals surface area contributed by atoms with Crippen LogP contribution in [0, 0.1) is 5.82 Å². The van der Waals surface area contributed by atoms with Crippen molar-refractivity contribution in [3.05, 3.63) is 98.5 Å². The second-order valence-corrected chi connectivity index (χ2v) is 8.68. The third kappa shape index (κ3) is 3.61. The minimum absolute atomic E-state index is 0.215. The predicted molar refractivity (Wildman–Crippen MR) is 125 cm³/mol. The van der Waals surface area contributed by atoms with E-state index in [1.54, 1.807) is 36.4 Å². The molecule has 0 aliphatic rings. The van der Waals surface area contributed by atoms with Gasteiger partial charge in [0.25, 0.3) is 5.56 Å². The van der Waals surface area contributed by atoms with Gasteiger partial charge in [0.15, 0.2) is 5.16 Å². The Balaban J connectivity index is 1.73. The van der Waals surface area contributed by atoms with Gasteiger partial charge in [-0.2, -0.15) is 0 Å². The fraction of sp³-hybridized carbons (Fsp3) is 0.0435. The number of aromatic amines is 1. The molecule has 5 aromatic rings. The quantitative estimate of drug-likeness (QED) is 0.238. The molecule has 2 heterocycles. The number of rotatable bonds is 4. The van der Waals surface area contributed by atoms with E-state index in [4.69, 9.17) is 28.2 Å². The third-order valence-corrected chi connectivity index (χ3v) is 6.52. The van der Waals surface area contributed by atoms with E-state index in [0.29, 0.717) is 37.5 Å². The van der Waals surface area contributed by atoms with E-state index in [1.807, 2.05) is 24.3 Å². The molecule has 0 aliphatic carbocycles. The normalized spacial score (nSPS) is 11.5. The number of para-hydroxylation sites is 1. The highest BCUT2D eigenvalue weighted by Gasteiger charge is 2.18. The topological polar surface area (TPSA) is 50.7 Å². The van der Waals surface area contributed by atoms with Crippen LogP contribution in [0.25, 0.3) is 27.6 Å². The molecule has 31 heavy (non-hydrogen) atoms. The monoisotopic (exact) mass is 469 g/mol. The van der Waals surface area contributed by atoms with Crippen LogP contribution in [0.1, 0.15) is 5.56 Å². The lowest BCUT2D eigenvalue weighted by atomic mass is 10.2. The van der Waals surface area contributed by atoms with Gasteiger partial charge >= 0.3 is 0 Å². The average Bonchev–Trinajstić information content (AvgIpc) is 3.13. The Morgan fingerprint density at radius 3 is 2.65 bits per heavy atom. The lowest BCUT2D eigenvalue weighted by molar-refractivity contribution is 0.617. The number of halogens is 3. The summed E-state index contributed by atoms with van der Waals surface area (Å²) in [4.78, 5) is 21.5. The van der Waals surface area contributed by atoms with Crippen LogP contribution in [0.5, 0.6) is 0 Å². The van der Waals surface area contributed by atoms with Gasteiger partial charge in [-0.25, -0.2) is 9.37 Å². The van der Waals surface area contributed by atoms with E-state index in [9.17, 15) is 9.18 Å². The Kier molecular flexibility index (Phi) is 5.22. The van der Waals surface area contributed by atoms with E-state index in [0.717, 1.165) is 10.9 Å². The molecule has 0 atom stereocenters. The molecule has 0 saturated carbocycles. The number of hydrogen-bond acceptors (Lipinski definition) is 3. The second kappa shape index (κ2) is 8.04. The molecule has 2 aromatic heterocycles. The lowest BCUT2D eigenvalue weighted by Gasteiger charge is -2.13. The summed E-state index contributed by atoms with van der Waals surface area (Å²) in [6, 6.07) is 19.1. The standard InChI is InChI=1S/C23H14Cl2FN3OS/c24-13-5-3-6-14(11-13)29-22(30)21-20(15-7-1-2-10-19(15)27-21)28-23(29)31-12-16-17(25)8-4-9-18(16)26/h1-11,27H,12H2. The highest BCUT2D eigenvalue weighted by atomic mass is 35.5. The molecule has 0 fully saturated rings. The summed E-state index contributed by atoms with van der Waals surface area (Å²) < 4.78 is 15.8. The van der Waals surface area contributed by atoms with Gasteiger partial charge < -0.3 is 4.98 Å². The molecule has 8 heteroatoms. The molecule has 0 unspecified atom stereocenters. The average molecular weight is 470 g/mol. The predicted octanol–water partition coefficient (Wildman–Crippen LogP) is 6.61. The van der Waals surface area contributed by atoms with Gasteiger partial charge in [0.2, 0.25) is 0 Å². The maximum absolute atomic E-state index is 14.3. The molecule has 5 rings (SSSR count). The van der Waals surface area contributed by atoms with Crippen LogP contribution in [0.15, 0.2) is 76.7 Å². The van der Waals surface area contributed by atoms with Crippen LogP contribution in [0.3, 0.4) is 0 Å². The SMILES string of the molecule is O=c1c2[nH]c3ccccc3c2nc(SCc2c(F)cccc2Cl)n1-c1cccc(Cl)c1. The van der Waals surface area contributed by atoms with Crippen molar-refractivity contribution < 1.29 is 4.39 Å². The Bertz CT molecular complexity index is 1490. The number of nitrogens with zero attached hydrogens (tertiary/aromatic N) is 2. The van der Waals surface area contributed by atoms with Crippen LogP contribution >= 0.6 is 35.0 Å². The molecule has 0 aliphatic heterocycles. The van der Waals surface area contributed by atoms with Crippen molar-refractivity contribution >= 4 is 56.9 Å². The summed E-state index contributed by atoms with van der Waals surface area (Å²) in [7, 11) is 0. The van der Waals surface area contributed by atoms with Gasteiger partial charge in [-0.3, -0.25) is 9.36 Å². The summed E-state index contributed by atoms with van der Waals surface area (Å²) in [5, 5.41) is 2.09. The van der Waals surface area contributed by atoms with Gasteiger partial charge in [-0.05, 0) is 36.4 Å². The molecule has 0 amide bonds. The van der Waals surface area contributed by atoms with Crippen molar-refractivity contribution in [2.45, 2.75) is 10.9 Å². The number of nitrogens with one attached hydrogen (secondary N) is 1. The zero-order valence-electron chi connectivity index (χ0n) is 15.9. The van der Waals surface area contributed by atoms with Crippen LogP contribution in [0.4, 0.5) is 4.39 Å². The number of fused-ring (bicyclic) bond motifs is 3. The van der Waals surface area contributed by atoms with Crippen LogP contribution in [0.2, 0.25) is 10.0 Å². The first kappa shape index (κ1) is 20.1. The van der Waals surface area contributed by atoms with Gasteiger partial charge in [0.05, 0.1) is 5.69 Å². The molecule has 1 N–H and O–H groups in total. The van der Waals surface area contributed by atoms with E-state index >= 15 is 0 Å². The highest BCUT2D eigenvalue weighted by molar-refractivity contribution is 7.98. The van der Waals surface area contributed by atoms with Crippen molar-refractivity contribution in [2.24, 2.45) is 0 Å². The van der Waals surface area contributed by atoms with E-state index in [2.05, 4.69) is 4.98 Å². The molecule has 0 saturated heterocycles. The summed E-state index contributed by atoms with van der Waals surface area (Å²) in [6.45, 7) is 0. The Morgan fingerprint density at radius 1 is 1.03 bits per heavy atom. The lowest BCUT2D eigenvalue weighted by Crippen LogP contribution is -2.21. The summed E-state index contributed by atoms with van der Waals surface area (Å²) in [6.07, 6.45) is 0. The van der Waals surface area contributed by atoms with Crippen LogP contribution < -0.4 is 5.56 Å². The number of benzene rings is 3. The molecule has 0 spiro atoms. The molecule has 0 bridgehead atoms. The molecular formula is C23H14Cl2FN3OS.